The molecule has 1 atom stereocenters. The fourth-order valence-electron chi connectivity index (χ4n) is 2.66. The first-order valence-corrected chi connectivity index (χ1v) is 6.17. The minimum Gasteiger partial charge on any atom is -0.392 e. The molecule has 1 saturated heterocycles. The number of hydrogen-bond acceptors (Lipinski definition) is 4. The molecule has 0 spiro atoms. The van der Waals surface area contributed by atoms with Crippen LogP contribution in [0.1, 0.15) is 19.8 Å². The van der Waals surface area contributed by atoms with Gasteiger partial charge in [-0.15, -0.1) is 0 Å². The van der Waals surface area contributed by atoms with Gasteiger partial charge in [0.15, 0.2) is 0 Å². The summed E-state index contributed by atoms with van der Waals surface area (Å²) >= 11 is 0. The van der Waals surface area contributed by atoms with Crippen molar-refractivity contribution in [1.82, 2.24) is 10.2 Å². The summed E-state index contributed by atoms with van der Waals surface area (Å²) in [4.78, 5) is 2.23. The van der Waals surface area contributed by atoms with Gasteiger partial charge in [-0.2, -0.15) is 0 Å². The van der Waals surface area contributed by atoms with Crippen molar-refractivity contribution in [1.29, 1.82) is 0 Å². The number of aliphatic hydroxyl groups is 1. The van der Waals surface area contributed by atoms with Crippen LogP contribution in [0.25, 0.3) is 0 Å². The average molecular weight is 230 g/mol. The van der Waals surface area contributed by atoms with Crippen molar-refractivity contribution >= 4 is 0 Å². The van der Waals surface area contributed by atoms with Gasteiger partial charge in [0, 0.05) is 32.8 Å². The summed E-state index contributed by atoms with van der Waals surface area (Å²) in [6.07, 6.45) is 1.96. The smallest absolute Gasteiger partial charge is 0.0638 e. The Bertz CT molecular complexity index is 186. The zero-order valence-electron chi connectivity index (χ0n) is 10.8. The highest BCUT2D eigenvalue weighted by molar-refractivity contribution is 4.86. The van der Waals surface area contributed by atoms with Crippen LogP contribution >= 0.6 is 0 Å². The molecule has 1 aliphatic heterocycles. The molecule has 0 saturated carbocycles. The van der Waals surface area contributed by atoms with Crippen LogP contribution in [0.2, 0.25) is 0 Å². The van der Waals surface area contributed by atoms with E-state index in [0.717, 1.165) is 45.7 Å². The van der Waals surface area contributed by atoms with E-state index in [-0.39, 0.29) is 6.10 Å². The molecule has 16 heavy (non-hydrogen) atoms. The normalized spacial score (nSPS) is 22.3. The summed E-state index contributed by atoms with van der Waals surface area (Å²) in [5.74, 6) is 0. The van der Waals surface area contributed by atoms with E-state index >= 15 is 0 Å². The Morgan fingerprint density at radius 2 is 2.06 bits per heavy atom. The molecule has 4 nitrogen and oxygen atoms in total. The molecule has 0 radical (unpaired) electrons. The zero-order chi connectivity index (χ0) is 12.0. The summed E-state index contributed by atoms with van der Waals surface area (Å²) in [5.41, 5.74) is 0.316. The third-order valence-corrected chi connectivity index (χ3v) is 3.29. The number of nitrogens with one attached hydrogen (secondary N) is 1. The predicted octanol–water partition coefficient (Wildman–Crippen LogP) is 0.315. The fraction of sp³-hybridized carbons (Fsp3) is 1.00. The molecule has 1 rings (SSSR count). The molecule has 0 aromatic heterocycles. The second kappa shape index (κ2) is 6.55. The molecule has 2 N–H and O–H groups in total. The van der Waals surface area contributed by atoms with E-state index in [1.54, 1.807) is 0 Å². The molecule has 0 bridgehead atoms. The molecule has 0 aromatic carbocycles. The molecule has 1 heterocycles. The number of hydrogen-bond donors (Lipinski definition) is 2. The van der Waals surface area contributed by atoms with Gasteiger partial charge in [0.25, 0.3) is 0 Å². The van der Waals surface area contributed by atoms with Gasteiger partial charge in [-0.1, -0.05) is 0 Å². The number of rotatable bonds is 6. The van der Waals surface area contributed by atoms with Crippen LogP contribution in [0.4, 0.5) is 0 Å². The standard InChI is InChI=1S/C12H26N2O2/c1-11(15)8-14(3)10-12(9-13-2)4-6-16-7-5-12/h11,13,15H,4-10H2,1-3H3. The van der Waals surface area contributed by atoms with Crippen molar-refractivity contribution in [3.05, 3.63) is 0 Å². The van der Waals surface area contributed by atoms with Crippen LogP contribution in [-0.4, -0.2) is 63.1 Å². The summed E-state index contributed by atoms with van der Waals surface area (Å²) in [5, 5.41) is 12.7. The molecule has 1 aliphatic rings. The van der Waals surface area contributed by atoms with Gasteiger partial charge in [-0.05, 0) is 39.3 Å². The number of aliphatic hydroxyl groups excluding tert-OH is 1. The lowest BCUT2D eigenvalue weighted by molar-refractivity contribution is -0.00462. The highest BCUT2D eigenvalue weighted by Gasteiger charge is 2.33. The molecular formula is C12H26N2O2. The van der Waals surface area contributed by atoms with Gasteiger partial charge in [0.1, 0.15) is 0 Å². The third-order valence-electron chi connectivity index (χ3n) is 3.29. The first kappa shape index (κ1) is 13.9. The summed E-state index contributed by atoms with van der Waals surface area (Å²) in [6, 6.07) is 0. The lowest BCUT2D eigenvalue weighted by atomic mass is 9.79. The number of likely N-dealkylation sites (N-methyl/N-ethyl adjacent to an activating group) is 1. The fourth-order valence-corrected chi connectivity index (χ4v) is 2.66. The molecular weight excluding hydrogens is 204 g/mol. The van der Waals surface area contributed by atoms with Crippen LogP contribution in [0.5, 0.6) is 0 Å². The van der Waals surface area contributed by atoms with E-state index in [1.807, 2.05) is 14.0 Å². The molecule has 0 amide bonds. The van der Waals surface area contributed by atoms with E-state index in [9.17, 15) is 5.11 Å². The van der Waals surface area contributed by atoms with Gasteiger partial charge < -0.3 is 20.1 Å². The van der Waals surface area contributed by atoms with Crippen molar-refractivity contribution < 1.29 is 9.84 Å². The second-order valence-electron chi connectivity index (χ2n) is 5.19. The van der Waals surface area contributed by atoms with Crippen LogP contribution in [0.3, 0.4) is 0 Å². The SMILES string of the molecule is CNCC1(CN(C)CC(C)O)CCOCC1. The highest BCUT2D eigenvalue weighted by Crippen LogP contribution is 2.30. The van der Waals surface area contributed by atoms with Crippen molar-refractivity contribution in [2.45, 2.75) is 25.9 Å². The van der Waals surface area contributed by atoms with Gasteiger partial charge in [-0.25, -0.2) is 0 Å². The van der Waals surface area contributed by atoms with Crippen molar-refractivity contribution in [3.63, 3.8) is 0 Å². The van der Waals surface area contributed by atoms with Crippen LogP contribution in [0, 0.1) is 5.41 Å². The maximum absolute atomic E-state index is 9.38. The van der Waals surface area contributed by atoms with Gasteiger partial charge >= 0.3 is 0 Å². The van der Waals surface area contributed by atoms with Crippen LogP contribution < -0.4 is 5.32 Å². The zero-order valence-corrected chi connectivity index (χ0v) is 10.8. The molecule has 0 aromatic rings. The van der Waals surface area contributed by atoms with Crippen LogP contribution in [-0.2, 0) is 4.74 Å². The highest BCUT2D eigenvalue weighted by atomic mass is 16.5. The van der Waals surface area contributed by atoms with E-state index < -0.39 is 0 Å². The Kier molecular flexibility index (Phi) is 5.69. The van der Waals surface area contributed by atoms with Gasteiger partial charge in [0.05, 0.1) is 6.10 Å². The molecule has 0 aliphatic carbocycles. The Balaban J connectivity index is 2.48. The molecule has 4 heteroatoms. The summed E-state index contributed by atoms with van der Waals surface area (Å²) < 4.78 is 5.44. The lowest BCUT2D eigenvalue weighted by Gasteiger charge is -2.40. The summed E-state index contributed by atoms with van der Waals surface area (Å²) in [7, 11) is 4.09. The number of ether oxygens (including phenoxy) is 1. The topological polar surface area (TPSA) is 44.7 Å². The first-order chi connectivity index (χ1) is 7.58. The van der Waals surface area contributed by atoms with E-state index in [2.05, 4.69) is 17.3 Å². The molecule has 1 fully saturated rings. The Morgan fingerprint density at radius 1 is 1.44 bits per heavy atom. The summed E-state index contributed by atoms with van der Waals surface area (Å²) in [6.45, 7) is 6.37. The Hall–Kier alpha value is -0.160. The van der Waals surface area contributed by atoms with Crippen LogP contribution in [0.15, 0.2) is 0 Å². The maximum Gasteiger partial charge on any atom is 0.0638 e. The average Bonchev–Trinajstić information content (AvgIpc) is 2.17. The molecule has 96 valence electrons. The largest absolute Gasteiger partial charge is 0.392 e. The van der Waals surface area contributed by atoms with Gasteiger partial charge in [0.2, 0.25) is 0 Å². The quantitative estimate of drug-likeness (QED) is 0.689. The first-order valence-electron chi connectivity index (χ1n) is 6.17. The van der Waals surface area contributed by atoms with E-state index in [1.165, 1.54) is 0 Å². The maximum atomic E-state index is 9.38. The van der Waals surface area contributed by atoms with Crippen molar-refractivity contribution in [2.75, 3.05) is 46.9 Å². The van der Waals surface area contributed by atoms with E-state index in [4.69, 9.17) is 4.74 Å². The second-order valence-corrected chi connectivity index (χ2v) is 5.19. The van der Waals surface area contributed by atoms with Crippen molar-refractivity contribution in [3.8, 4) is 0 Å². The van der Waals surface area contributed by atoms with E-state index in [0.29, 0.717) is 5.41 Å². The van der Waals surface area contributed by atoms with Gasteiger partial charge in [-0.3, -0.25) is 0 Å². The Morgan fingerprint density at radius 3 is 2.56 bits per heavy atom. The lowest BCUT2D eigenvalue weighted by Crippen LogP contribution is -2.47. The minimum absolute atomic E-state index is 0.253. The predicted molar refractivity (Wildman–Crippen MR) is 65.6 cm³/mol. The third kappa shape index (κ3) is 4.37. The monoisotopic (exact) mass is 230 g/mol. The molecule has 1 unspecified atom stereocenters. The number of nitrogens with zero attached hydrogens (tertiary/aromatic N) is 1. The minimum atomic E-state index is -0.253. The van der Waals surface area contributed by atoms with Crippen molar-refractivity contribution in [2.24, 2.45) is 5.41 Å². The Labute approximate surface area is 99.0 Å².